The zero-order chi connectivity index (χ0) is 18.6. The van der Waals surface area contributed by atoms with E-state index in [9.17, 15) is 14.4 Å². The van der Waals surface area contributed by atoms with Crippen LogP contribution in [0.3, 0.4) is 0 Å². The summed E-state index contributed by atoms with van der Waals surface area (Å²) in [6.07, 6.45) is -1.02. The number of esters is 1. The van der Waals surface area contributed by atoms with Gasteiger partial charge in [-0.3, -0.25) is 9.59 Å². The normalized spacial score (nSPS) is 11.5. The Hall–Kier alpha value is -2.37. The van der Waals surface area contributed by atoms with Gasteiger partial charge in [0.05, 0.1) is 15.6 Å². The van der Waals surface area contributed by atoms with Crippen molar-refractivity contribution in [2.75, 3.05) is 5.32 Å². The molecule has 1 N–H and O–H groups in total. The molecule has 2 aromatic carbocycles. The Balaban J connectivity index is 1.98. The average Bonchev–Trinajstić information content (AvgIpc) is 2.57. The Morgan fingerprint density at radius 2 is 1.56 bits per heavy atom. The molecule has 5 nitrogen and oxygen atoms in total. The first-order chi connectivity index (χ1) is 11.8. The fourth-order valence-electron chi connectivity index (χ4n) is 1.94. The van der Waals surface area contributed by atoms with E-state index in [2.05, 4.69) is 5.32 Å². The second kappa shape index (κ2) is 8.14. The number of hydrogen-bond donors (Lipinski definition) is 1. The van der Waals surface area contributed by atoms with Crippen molar-refractivity contribution in [2.45, 2.75) is 20.0 Å². The summed E-state index contributed by atoms with van der Waals surface area (Å²) in [6, 6.07) is 10.7. The predicted molar refractivity (Wildman–Crippen MR) is 96.4 cm³/mol. The molecule has 0 spiro atoms. The van der Waals surface area contributed by atoms with Crippen molar-refractivity contribution in [2.24, 2.45) is 0 Å². The second-order valence-corrected chi connectivity index (χ2v) is 6.11. The first-order valence-electron chi connectivity index (χ1n) is 7.36. The van der Waals surface area contributed by atoms with Crippen molar-refractivity contribution >= 4 is 46.5 Å². The zero-order valence-electron chi connectivity index (χ0n) is 13.5. The monoisotopic (exact) mass is 379 g/mol. The van der Waals surface area contributed by atoms with Gasteiger partial charge in [0.25, 0.3) is 5.91 Å². The third-order valence-corrected chi connectivity index (χ3v) is 4.11. The van der Waals surface area contributed by atoms with Crippen molar-refractivity contribution in [1.82, 2.24) is 0 Å². The molecule has 0 aliphatic heterocycles. The van der Waals surface area contributed by atoms with Crippen molar-refractivity contribution in [3.63, 3.8) is 0 Å². The van der Waals surface area contributed by atoms with E-state index < -0.39 is 18.0 Å². The maximum absolute atomic E-state index is 12.1. The number of halogens is 2. The lowest BCUT2D eigenvalue weighted by atomic mass is 10.1. The Morgan fingerprint density at radius 3 is 2.12 bits per heavy atom. The summed E-state index contributed by atoms with van der Waals surface area (Å²) in [5.41, 5.74) is 1.23. The highest BCUT2D eigenvalue weighted by atomic mass is 35.5. The van der Waals surface area contributed by atoms with Gasteiger partial charge in [0.15, 0.2) is 11.9 Å². The molecule has 0 radical (unpaired) electrons. The van der Waals surface area contributed by atoms with E-state index in [0.29, 0.717) is 16.3 Å². The molecule has 0 fully saturated rings. The molecule has 0 heterocycles. The topological polar surface area (TPSA) is 72.5 Å². The standard InChI is InChI=1S/C18H15Cl2NO4/c1-10(22)12-3-6-14(7-4-12)21-17(23)11(2)25-18(24)13-5-8-15(19)16(20)9-13/h3-9,11H,1-2H3,(H,21,23)/t11-/m1/s1. The summed E-state index contributed by atoms with van der Waals surface area (Å²) < 4.78 is 5.12. The number of nitrogens with one attached hydrogen (secondary N) is 1. The lowest BCUT2D eigenvalue weighted by Crippen LogP contribution is -2.30. The fourth-order valence-corrected chi connectivity index (χ4v) is 2.24. The summed E-state index contributed by atoms with van der Waals surface area (Å²) in [6.45, 7) is 2.91. The highest BCUT2D eigenvalue weighted by Gasteiger charge is 2.19. The molecule has 0 aliphatic rings. The van der Waals surface area contributed by atoms with Crippen molar-refractivity contribution < 1.29 is 19.1 Å². The highest BCUT2D eigenvalue weighted by Crippen LogP contribution is 2.23. The van der Waals surface area contributed by atoms with Crippen LogP contribution in [0.25, 0.3) is 0 Å². The van der Waals surface area contributed by atoms with E-state index in [1.54, 1.807) is 24.3 Å². The highest BCUT2D eigenvalue weighted by molar-refractivity contribution is 6.42. The summed E-state index contributed by atoms with van der Waals surface area (Å²) in [7, 11) is 0. The number of amides is 1. The van der Waals surface area contributed by atoms with E-state index in [1.165, 1.54) is 32.0 Å². The van der Waals surface area contributed by atoms with Crippen LogP contribution in [0.2, 0.25) is 10.0 Å². The van der Waals surface area contributed by atoms with Crippen LogP contribution >= 0.6 is 23.2 Å². The largest absolute Gasteiger partial charge is 0.449 e. The van der Waals surface area contributed by atoms with Gasteiger partial charge in [-0.15, -0.1) is 0 Å². The van der Waals surface area contributed by atoms with Gasteiger partial charge in [0.2, 0.25) is 0 Å². The summed E-state index contributed by atoms with van der Waals surface area (Å²) in [5.74, 6) is -1.25. The van der Waals surface area contributed by atoms with Gasteiger partial charge in [-0.25, -0.2) is 4.79 Å². The number of ether oxygens (including phenoxy) is 1. The molecule has 0 bridgehead atoms. The molecule has 0 aliphatic carbocycles. The lowest BCUT2D eigenvalue weighted by molar-refractivity contribution is -0.123. The van der Waals surface area contributed by atoms with E-state index in [-0.39, 0.29) is 16.4 Å². The van der Waals surface area contributed by atoms with E-state index in [1.807, 2.05) is 0 Å². The average molecular weight is 380 g/mol. The number of hydrogen-bond acceptors (Lipinski definition) is 4. The third-order valence-electron chi connectivity index (χ3n) is 3.37. The first kappa shape index (κ1) is 19.0. The number of benzene rings is 2. The lowest BCUT2D eigenvalue weighted by Gasteiger charge is -2.14. The van der Waals surface area contributed by atoms with Gasteiger partial charge < -0.3 is 10.1 Å². The summed E-state index contributed by atoms with van der Waals surface area (Å²) >= 11 is 11.6. The number of Topliss-reactive ketones (excluding diaryl/α,β-unsaturated/α-hetero) is 1. The second-order valence-electron chi connectivity index (χ2n) is 5.30. The van der Waals surface area contributed by atoms with E-state index >= 15 is 0 Å². The van der Waals surface area contributed by atoms with Crippen molar-refractivity contribution in [1.29, 1.82) is 0 Å². The number of rotatable bonds is 5. The molecular weight excluding hydrogens is 365 g/mol. The molecular formula is C18H15Cl2NO4. The molecule has 0 saturated carbocycles. The molecule has 2 aromatic rings. The number of carbonyl (C=O) groups excluding carboxylic acids is 3. The molecule has 25 heavy (non-hydrogen) atoms. The van der Waals surface area contributed by atoms with Crippen LogP contribution in [-0.2, 0) is 9.53 Å². The minimum Gasteiger partial charge on any atom is -0.449 e. The molecule has 1 atom stereocenters. The Morgan fingerprint density at radius 1 is 0.960 bits per heavy atom. The Bertz CT molecular complexity index is 818. The molecule has 1 amide bonds. The zero-order valence-corrected chi connectivity index (χ0v) is 15.0. The minimum absolute atomic E-state index is 0.0678. The Labute approximate surface area is 154 Å². The van der Waals surface area contributed by atoms with Crippen LogP contribution in [0.4, 0.5) is 5.69 Å². The van der Waals surface area contributed by atoms with Crippen LogP contribution in [0.15, 0.2) is 42.5 Å². The van der Waals surface area contributed by atoms with Crippen LogP contribution in [0.1, 0.15) is 34.6 Å². The SMILES string of the molecule is CC(=O)c1ccc(NC(=O)[C@@H](C)OC(=O)c2ccc(Cl)c(Cl)c2)cc1. The van der Waals surface area contributed by atoms with Crippen LogP contribution < -0.4 is 5.32 Å². The minimum atomic E-state index is -1.02. The molecule has 0 aromatic heterocycles. The number of anilines is 1. The smallest absolute Gasteiger partial charge is 0.338 e. The van der Waals surface area contributed by atoms with Crippen LogP contribution in [-0.4, -0.2) is 23.8 Å². The van der Waals surface area contributed by atoms with Crippen molar-refractivity contribution in [3.05, 3.63) is 63.6 Å². The van der Waals surface area contributed by atoms with Crippen LogP contribution in [0, 0.1) is 0 Å². The molecule has 0 unspecified atom stereocenters. The van der Waals surface area contributed by atoms with Crippen molar-refractivity contribution in [3.8, 4) is 0 Å². The van der Waals surface area contributed by atoms with Gasteiger partial charge in [-0.1, -0.05) is 23.2 Å². The van der Waals surface area contributed by atoms with Crippen LogP contribution in [0.5, 0.6) is 0 Å². The van der Waals surface area contributed by atoms with Gasteiger partial charge in [-0.05, 0) is 56.3 Å². The van der Waals surface area contributed by atoms with E-state index in [0.717, 1.165) is 0 Å². The van der Waals surface area contributed by atoms with Gasteiger partial charge in [0, 0.05) is 11.3 Å². The molecule has 130 valence electrons. The summed E-state index contributed by atoms with van der Waals surface area (Å²) in [5, 5.41) is 3.15. The predicted octanol–water partition coefficient (Wildman–Crippen LogP) is 4.38. The Kier molecular flexibility index (Phi) is 6.17. The number of carbonyl (C=O) groups is 3. The maximum Gasteiger partial charge on any atom is 0.338 e. The number of ketones is 1. The molecule has 7 heteroatoms. The summed E-state index contributed by atoms with van der Waals surface area (Å²) in [4.78, 5) is 35.4. The van der Waals surface area contributed by atoms with Gasteiger partial charge in [-0.2, -0.15) is 0 Å². The fraction of sp³-hybridized carbons (Fsp3) is 0.167. The van der Waals surface area contributed by atoms with Gasteiger partial charge >= 0.3 is 5.97 Å². The quantitative estimate of drug-likeness (QED) is 0.617. The molecule has 0 saturated heterocycles. The first-order valence-corrected chi connectivity index (χ1v) is 8.11. The van der Waals surface area contributed by atoms with E-state index in [4.69, 9.17) is 27.9 Å². The molecule has 2 rings (SSSR count). The van der Waals surface area contributed by atoms with Gasteiger partial charge in [0.1, 0.15) is 0 Å². The third kappa shape index (κ3) is 5.05. The maximum atomic E-state index is 12.1.